The molecule has 0 aliphatic heterocycles. The van der Waals surface area contributed by atoms with Crippen molar-refractivity contribution in [3.63, 3.8) is 0 Å². The van der Waals surface area contributed by atoms with Crippen LogP contribution in [0, 0.1) is 0 Å². The van der Waals surface area contributed by atoms with Crippen molar-refractivity contribution in [2.75, 3.05) is 4.90 Å². The maximum atomic E-state index is 2.40. The largest absolute Gasteiger partial charge is 0.310 e. The topological polar surface area (TPSA) is 3.24 Å². The molecule has 1 nitrogen and oxygen atoms in total. The highest BCUT2D eigenvalue weighted by Gasteiger charge is 2.18. The predicted octanol–water partition coefficient (Wildman–Crippen LogP) is 14.1. The zero-order chi connectivity index (χ0) is 34.0. The Morgan fingerprint density at radius 2 is 0.784 bits per heavy atom. The molecule has 0 N–H and O–H groups in total. The van der Waals surface area contributed by atoms with E-state index in [1.54, 1.807) is 0 Å². The fourth-order valence-electron chi connectivity index (χ4n) is 7.27. The highest BCUT2D eigenvalue weighted by atomic mass is 15.1. The third kappa shape index (κ3) is 5.96. The van der Waals surface area contributed by atoms with Crippen LogP contribution in [0.15, 0.2) is 212 Å². The number of nitrogens with zero attached hydrogens (tertiary/aromatic N) is 1. The van der Waals surface area contributed by atoms with Crippen LogP contribution in [0.4, 0.5) is 17.1 Å². The molecule has 0 unspecified atom stereocenters. The van der Waals surface area contributed by atoms with Gasteiger partial charge in [-0.3, -0.25) is 0 Å². The summed E-state index contributed by atoms with van der Waals surface area (Å²) in [5.74, 6) is 0. The van der Waals surface area contributed by atoms with Gasteiger partial charge in [-0.05, 0) is 96.9 Å². The molecule has 0 aromatic heterocycles. The van der Waals surface area contributed by atoms with Crippen molar-refractivity contribution in [2.24, 2.45) is 0 Å². The number of hydrogen-bond donors (Lipinski definition) is 0. The molecule has 0 aliphatic rings. The number of anilines is 3. The van der Waals surface area contributed by atoms with Crippen molar-refractivity contribution in [3.05, 3.63) is 212 Å². The maximum absolute atomic E-state index is 2.40. The van der Waals surface area contributed by atoms with E-state index in [4.69, 9.17) is 0 Å². The van der Waals surface area contributed by atoms with E-state index < -0.39 is 0 Å². The van der Waals surface area contributed by atoms with Gasteiger partial charge in [0, 0.05) is 16.9 Å². The summed E-state index contributed by atoms with van der Waals surface area (Å²) in [4.78, 5) is 2.40. The minimum Gasteiger partial charge on any atom is -0.310 e. The van der Waals surface area contributed by atoms with Gasteiger partial charge >= 0.3 is 0 Å². The van der Waals surface area contributed by atoms with Gasteiger partial charge in [0.2, 0.25) is 0 Å². The fourth-order valence-corrected chi connectivity index (χ4v) is 7.27. The summed E-state index contributed by atoms with van der Waals surface area (Å²) in [6, 6.07) is 76.7. The van der Waals surface area contributed by atoms with Gasteiger partial charge in [-0.1, -0.05) is 176 Å². The van der Waals surface area contributed by atoms with Gasteiger partial charge in [0.15, 0.2) is 0 Å². The van der Waals surface area contributed by atoms with E-state index in [1.165, 1.54) is 66.1 Å². The molecule has 240 valence electrons. The second-order valence-electron chi connectivity index (χ2n) is 13.0. The van der Waals surface area contributed by atoms with Crippen molar-refractivity contribution >= 4 is 38.6 Å². The van der Waals surface area contributed by atoms with Gasteiger partial charge < -0.3 is 4.90 Å². The Labute approximate surface area is 299 Å². The Hall–Kier alpha value is -6.70. The molecule has 1 heteroatoms. The molecule has 0 aliphatic carbocycles. The molecule has 0 radical (unpaired) electrons. The lowest BCUT2D eigenvalue weighted by Gasteiger charge is -2.28. The van der Waals surface area contributed by atoms with Crippen molar-refractivity contribution in [1.29, 1.82) is 0 Å². The first kappa shape index (κ1) is 30.4. The van der Waals surface area contributed by atoms with Crippen molar-refractivity contribution in [1.82, 2.24) is 0 Å². The zero-order valence-electron chi connectivity index (χ0n) is 28.2. The third-order valence-electron chi connectivity index (χ3n) is 9.86. The first-order chi connectivity index (χ1) is 25.3. The van der Waals surface area contributed by atoms with Crippen LogP contribution in [0.1, 0.15) is 0 Å². The van der Waals surface area contributed by atoms with Crippen molar-refractivity contribution in [2.45, 2.75) is 0 Å². The molecule has 9 rings (SSSR count). The lowest BCUT2D eigenvalue weighted by atomic mass is 9.96. The highest BCUT2D eigenvalue weighted by molar-refractivity contribution is 5.97. The number of rotatable bonds is 7. The zero-order valence-corrected chi connectivity index (χ0v) is 28.2. The first-order valence-electron chi connectivity index (χ1n) is 17.5. The van der Waals surface area contributed by atoms with Crippen LogP contribution in [0.2, 0.25) is 0 Å². The molecule has 9 aromatic rings. The molecule has 0 amide bonds. The number of hydrogen-bond acceptors (Lipinski definition) is 1. The van der Waals surface area contributed by atoms with Crippen molar-refractivity contribution < 1.29 is 0 Å². The van der Waals surface area contributed by atoms with Crippen LogP contribution in [0.3, 0.4) is 0 Å². The number of benzene rings is 9. The minimum absolute atomic E-state index is 1.10. The third-order valence-corrected chi connectivity index (χ3v) is 9.86. The van der Waals surface area contributed by atoms with Crippen molar-refractivity contribution in [3.8, 4) is 44.5 Å². The van der Waals surface area contributed by atoms with Crippen LogP contribution >= 0.6 is 0 Å². The molecule has 51 heavy (non-hydrogen) atoms. The minimum atomic E-state index is 1.10. The van der Waals surface area contributed by atoms with Crippen LogP contribution in [0.5, 0.6) is 0 Å². The van der Waals surface area contributed by atoms with Gasteiger partial charge in [-0.25, -0.2) is 0 Å². The van der Waals surface area contributed by atoms with E-state index >= 15 is 0 Å². The first-order valence-corrected chi connectivity index (χ1v) is 17.5. The molecule has 0 atom stereocenters. The van der Waals surface area contributed by atoms with Gasteiger partial charge in [0.25, 0.3) is 0 Å². The van der Waals surface area contributed by atoms with E-state index in [0.29, 0.717) is 0 Å². The van der Waals surface area contributed by atoms with E-state index in [0.717, 1.165) is 17.1 Å². The lowest BCUT2D eigenvalue weighted by molar-refractivity contribution is 1.28. The highest BCUT2D eigenvalue weighted by Crippen LogP contribution is 2.43. The number of para-hydroxylation sites is 1. The second kappa shape index (κ2) is 13.3. The van der Waals surface area contributed by atoms with E-state index in [1.807, 2.05) is 0 Å². The summed E-state index contributed by atoms with van der Waals surface area (Å²) in [6.45, 7) is 0. The standard InChI is InChI=1S/C50H35N/c1-2-12-36(13-3-1)38-24-27-41(28-25-38)49-21-8-9-23-50(49)51(45-32-30-40(31-33-45)48-22-11-17-39-15-6-7-20-47(39)48)46-19-10-18-43(35-46)44-29-26-37-14-4-5-16-42(37)34-44/h1-35H. The van der Waals surface area contributed by atoms with Crippen LogP contribution < -0.4 is 4.90 Å². The van der Waals surface area contributed by atoms with Crippen LogP contribution in [-0.4, -0.2) is 0 Å². The Bertz CT molecular complexity index is 2610. The van der Waals surface area contributed by atoms with Gasteiger partial charge in [-0.15, -0.1) is 0 Å². The monoisotopic (exact) mass is 649 g/mol. The predicted molar refractivity (Wildman–Crippen MR) is 218 cm³/mol. The van der Waals surface area contributed by atoms with Gasteiger partial charge in [0.05, 0.1) is 5.69 Å². The average molecular weight is 650 g/mol. The van der Waals surface area contributed by atoms with Gasteiger partial charge in [-0.2, -0.15) is 0 Å². The molecule has 0 saturated heterocycles. The Balaban J connectivity index is 1.17. The van der Waals surface area contributed by atoms with E-state index in [-0.39, 0.29) is 0 Å². The normalized spacial score (nSPS) is 11.1. The summed E-state index contributed by atoms with van der Waals surface area (Å²) in [5, 5.41) is 5.00. The van der Waals surface area contributed by atoms with Gasteiger partial charge in [0.1, 0.15) is 0 Å². The Morgan fingerprint density at radius 1 is 0.255 bits per heavy atom. The van der Waals surface area contributed by atoms with Crippen LogP contribution in [0.25, 0.3) is 66.1 Å². The molecule has 0 saturated carbocycles. The fraction of sp³-hybridized carbons (Fsp3) is 0. The molecular formula is C50H35N. The molecule has 0 spiro atoms. The summed E-state index contributed by atoms with van der Waals surface area (Å²) in [6.07, 6.45) is 0. The molecule has 9 aromatic carbocycles. The molecule has 0 bridgehead atoms. The van der Waals surface area contributed by atoms with E-state index in [2.05, 4.69) is 217 Å². The van der Waals surface area contributed by atoms with E-state index in [9.17, 15) is 0 Å². The lowest BCUT2D eigenvalue weighted by Crippen LogP contribution is -2.11. The molecule has 0 heterocycles. The molecular weight excluding hydrogens is 615 g/mol. The summed E-state index contributed by atoms with van der Waals surface area (Å²) in [5.41, 5.74) is 12.9. The Kier molecular flexibility index (Phi) is 7.92. The summed E-state index contributed by atoms with van der Waals surface area (Å²) >= 11 is 0. The second-order valence-corrected chi connectivity index (χ2v) is 13.0. The average Bonchev–Trinajstić information content (AvgIpc) is 3.21. The van der Waals surface area contributed by atoms with Crippen LogP contribution in [-0.2, 0) is 0 Å². The SMILES string of the molecule is c1ccc(-c2ccc(-c3ccccc3N(c3ccc(-c4cccc5ccccc45)cc3)c3cccc(-c4ccc5ccccc5c4)c3)cc2)cc1. The number of fused-ring (bicyclic) bond motifs is 2. The summed E-state index contributed by atoms with van der Waals surface area (Å²) < 4.78 is 0. The maximum Gasteiger partial charge on any atom is 0.0540 e. The Morgan fingerprint density at radius 3 is 1.63 bits per heavy atom. The summed E-state index contributed by atoms with van der Waals surface area (Å²) in [7, 11) is 0. The molecule has 0 fully saturated rings. The quantitative estimate of drug-likeness (QED) is 0.166. The smallest absolute Gasteiger partial charge is 0.0540 e.